The van der Waals surface area contributed by atoms with Crippen LogP contribution in [-0.2, 0) is 0 Å². The summed E-state index contributed by atoms with van der Waals surface area (Å²) in [5.41, 5.74) is 2.67. The van der Waals surface area contributed by atoms with Crippen LogP contribution in [0.4, 0.5) is 0 Å². The van der Waals surface area contributed by atoms with Crippen molar-refractivity contribution in [3.63, 3.8) is 0 Å². The molecule has 88 valence electrons. The molecule has 1 N–H and O–H groups in total. The fourth-order valence-corrected chi connectivity index (χ4v) is 1.95. The van der Waals surface area contributed by atoms with Crippen LogP contribution in [0, 0.1) is 6.92 Å². The third kappa shape index (κ3) is 1.78. The van der Waals surface area contributed by atoms with Gasteiger partial charge in [0.05, 0.1) is 5.69 Å². The zero-order valence-corrected chi connectivity index (χ0v) is 9.84. The van der Waals surface area contributed by atoms with Crippen LogP contribution < -0.4 is 5.69 Å². The first kappa shape index (κ1) is 10.7. The summed E-state index contributed by atoms with van der Waals surface area (Å²) in [4.78, 5) is 22.6. The second-order valence-electron chi connectivity index (χ2n) is 4.11. The van der Waals surface area contributed by atoms with Gasteiger partial charge in [-0.25, -0.2) is 9.78 Å². The van der Waals surface area contributed by atoms with E-state index < -0.39 is 0 Å². The Kier molecular flexibility index (Phi) is 2.41. The molecule has 0 aliphatic carbocycles. The normalized spacial score (nSPS) is 10.7. The molecule has 0 saturated heterocycles. The summed E-state index contributed by atoms with van der Waals surface area (Å²) < 4.78 is 0. The molecule has 0 atom stereocenters. The van der Waals surface area contributed by atoms with E-state index in [1.165, 1.54) is 0 Å². The number of nitrogens with zero attached hydrogens (tertiary/aromatic N) is 2. The van der Waals surface area contributed by atoms with Crippen LogP contribution in [-0.4, -0.2) is 15.0 Å². The molecule has 0 fully saturated rings. The minimum absolute atomic E-state index is 0.376. The lowest BCUT2D eigenvalue weighted by Gasteiger charge is -2.05. The Bertz CT molecular complexity index is 763. The Hall–Kier alpha value is -2.49. The predicted molar refractivity (Wildman–Crippen MR) is 70.3 cm³/mol. The molecule has 4 heteroatoms. The fourth-order valence-electron chi connectivity index (χ4n) is 1.95. The Balaban J connectivity index is 2.39. The average Bonchev–Trinajstić information content (AvgIpc) is 2.38. The van der Waals surface area contributed by atoms with E-state index in [0.717, 1.165) is 22.3 Å². The van der Waals surface area contributed by atoms with E-state index in [4.69, 9.17) is 0 Å². The molecule has 3 rings (SSSR count). The lowest BCUT2D eigenvalue weighted by molar-refractivity contribution is 1.09. The van der Waals surface area contributed by atoms with E-state index in [1.807, 2.05) is 49.4 Å². The topological polar surface area (TPSA) is 58.6 Å². The van der Waals surface area contributed by atoms with E-state index in [1.54, 1.807) is 0 Å². The van der Waals surface area contributed by atoms with Gasteiger partial charge in [0.25, 0.3) is 0 Å². The van der Waals surface area contributed by atoms with Crippen molar-refractivity contribution in [2.45, 2.75) is 6.92 Å². The number of aryl methyl sites for hydroxylation is 1. The molecule has 0 bridgehead atoms. The fraction of sp³-hybridized carbons (Fsp3) is 0.0714. The molecular formula is C14H11N3O. The molecule has 0 amide bonds. The zero-order chi connectivity index (χ0) is 12.5. The molecule has 0 unspecified atom stereocenters. The smallest absolute Gasteiger partial charge is 0.305 e. The highest BCUT2D eigenvalue weighted by Gasteiger charge is 2.07. The van der Waals surface area contributed by atoms with Gasteiger partial charge in [-0.1, -0.05) is 30.3 Å². The molecule has 2 heterocycles. The number of aromatic nitrogens is 3. The number of H-pyrrole nitrogens is 1. The number of nitrogens with one attached hydrogen (secondary N) is 1. The number of hydrogen-bond acceptors (Lipinski definition) is 3. The van der Waals surface area contributed by atoms with Crippen LogP contribution in [0.5, 0.6) is 0 Å². The molecule has 0 aliphatic heterocycles. The van der Waals surface area contributed by atoms with Crippen LogP contribution in [0.2, 0.25) is 0 Å². The molecule has 0 spiro atoms. The Morgan fingerprint density at radius 2 is 1.78 bits per heavy atom. The van der Waals surface area contributed by atoms with Crippen molar-refractivity contribution in [1.29, 1.82) is 0 Å². The molecule has 0 saturated carbocycles. The Labute approximate surface area is 103 Å². The summed E-state index contributed by atoms with van der Waals surface area (Å²) in [6, 6.07) is 13.5. The minimum atomic E-state index is -0.376. The first-order valence-corrected chi connectivity index (χ1v) is 5.67. The molecule has 2 aromatic heterocycles. The number of aromatic amines is 1. The lowest BCUT2D eigenvalue weighted by atomic mass is 10.1. The van der Waals surface area contributed by atoms with E-state index in [-0.39, 0.29) is 5.69 Å². The summed E-state index contributed by atoms with van der Waals surface area (Å²) in [6.45, 7) is 1.88. The van der Waals surface area contributed by atoms with Crippen molar-refractivity contribution in [2.24, 2.45) is 0 Å². The quantitative estimate of drug-likeness (QED) is 0.706. The maximum Gasteiger partial charge on any atom is 0.347 e. The highest BCUT2D eigenvalue weighted by molar-refractivity contribution is 5.89. The van der Waals surface area contributed by atoms with Gasteiger partial charge in [-0.15, -0.1) is 0 Å². The molecule has 4 nitrogen and oxygen atoms in total. The Morgan fingerprint density at radius 1 is 1.00 bits per heavy atom. The van der Waals surface area contributed by atoms with Crippen LogP contribution >= 0.6 is 0 Å². The maximum atomic E-state index is 11.6. The maximum absolute atomic E-state index is 11.6. The summed E-state index contributed by atoms with van der Waals surface area (Å²) in [5.74, 6) is 0. The third-order valence-corrected chi connectivity index (χ3v) is 2.79. The molecule has 1 aromatic carbocycles. The van der Waals surface area contributed by atoms with Crippen LogP contribution in [0.1, 0.15) is 5.69 Å². The van der Waals surface area contributed by atoms with Crippen molar-refractivity contribution in [2.75, 3.05) is 0 Å². The van der Waals surface area contributed by atoms with E-state index in [0.29, 0.717) is 5.65 Å². The summed E-state index contributed by atoms with van der Waals surface area (Å²) in [5, 5.41) is 0.853. The summed E-state index contributed by atoms with van der Waals surface area (Å²) in [6.07, 6.45) is 0. The molecule has 0 radical (unpaired) electrons. The zero-order valence-electron chi connectivity index (χ0n) is 9.84. The van der Waals surface area contributed by atoms with Crippen molar-refractivity contribution in [3.8, 4) is 11.3 Å². The molecular weight excluding hydrogens is 226 g/mol. The van der Waals surface area contributed by atoms with Crippen LogP contribution in [0.25, 0.3) is 22.3 Å². The van der Waals surface area contributed by atoms with Crippen molar-refractivity contribution >= 4 is 11.0 Å². The van der Waals surface area contributed by atoms with Crippen molar-refractivity contribution in [3.05, 3.63) is 58.6 Å². The number of rotatable bonds is 1. The third-order valence-electron chi connectivity index (χ3n) is 2.79. The van der Waals surface area contributed by atoms with Crippen LogP contribution in [0.15, 0.2) is 47.3 Å². The number of hydrogen-bond donors (Lipinski definition) is 1. The highest BCUT2D eigenvalue weighted by atomic mass is 16.1. The van der Waals surface area contributed by atoms with Crippen LogP contribution in [0.3, 0.4) is 0 Å². The molecule has 0 aliphatic rings. The Morgan fingerprint density at radius 3 is 2.56 bits per heavy atom. The number of fused-ring (bicyclic) bond motifs is 1. The lowest BCUT2D eigenvalue weighted by Crippen LogP contribution is -2.12. The number of pyridine rings is 1. The van der Waals surface area contributed by atoms with Gasteiger partial charge in [0.15, 0.2) is 5.65 Å². The van der Waals surface area contributed by atoms with Gasteiger partial charge < -0.3 is 4.98 Å². The monoisotopic (exact) mass is 237 g/mol. The standard InChI is InChI=1S/C14H11N3O/c1-9-7-8-11-12(10-5-3-2-4-6-10)16-14(18)17-13(11)15-9/h2-8H,1H3,(H,15,16,17,18). The van der Waals surface area contributed by atoms with E-state index >= 15 is 0 Å². The van der Waals surface area contributed by atoms with Gasteiger partial charge in [0.2, 0.25) is 0 Å². The second kappa shape index (κ2) is 4.07. The SMILES string of the molecule is Cc1ccc2c(-c3ccccc3)[nH]c(=O)nc2n1. The van der Waals surface area contributed by atoms with E-state index in [9.17, 15) is 4.79 Å². The first-order valence-electron chi connectivity index (χ1n) is 5.67. The van der Waals surface area contributed by atoms with Gasteiger partial charge in [-0.2, -0.15) is 4.98 Å². The van der Waals surface area contributed by atoms with Crippen molar-refractivity contribution in [1.82, 2.24) is 15.0 Å². The summed E-state index contributed by atoms with van der Waals surface area (Å²) >= 11 is 0. The second-order valence-corrected chi connectivity index (χ2v) is 4.11. The average molecular weight is 237 g/mol. The number of benzene rings is 1. The first-order chi connectivity index (χ1) is 8.74. The van der Waals surface area contributed by atoms with Crippen molar-refractivity contribution < 1.29 is 0 Å². The van der Waals surface area contributed by atoms with E-state index in [2.05, 4.69) is 15.0 Å². The highest BCUT2D eigenvalue weighted by Crippen LogP contribution is 2.23. The minimum Gasteiger partial charge on any atom is -0.305 e. The predicted octanol–water partition coefficient (Wildman–Crippen LogP) is 2.29. The summed E-state index contributed by atoms with van der Waals surface area (Å²) in [7, 11) is 0. The van der Waals surface area contributed by atoms with Gasteiger partial charge in [0, 0.05) is 11.1 Å². The largest absolute Gasteiger partial charge is 0.347 e. The van der Waals surface area contributed by atoms with Gasteiger partial charge in [0.1, 0.15) is 0 Å². The van der Waals surface area contributed by atoms with Gasteiger partial charge in [-0.05, 0) is 24.6 Å². The molecule has 3 aromatic rings. The molecule has 18 heavy (non-hydrogen) atoms. The van der Waals surface area contributed by atoms with Gasteiger partial charge in [-0.3, -0.25) is 0 Å². The van der Waals surface area contributed by atoms with Gasteiger partial charge >= 0.3 is 5.69 Å².